The van der Waals surface area contributed by atoms with Gasteiger partial charge in [-0.15, -0.1) is 0 Å². The number of carbonyl (C=O) groups excluding carboxylic acids is 1. The Morgan fingerprint density at radius 2 is 1.75 bits per heavy atom. The second-order valence-electron chi connectivity index (χ2n) is 6.71. The van der Waals surface area contributed by atoms with Crippen LogP contribution in [0.25, 0.3) is 0 Å². The highest BCUT2D eigenvalue weighted by Gasteiger charge is 2.17. The predicted octanol–water partition coefficient (Wildman–Crippen LogP) is 0.575. The largest absolute Gasteiger partial charge is 0.493 e. The third kappa shape index (κ3) is 6.60. The monoisotopic (exact) mass is 391 g/mol. The van der Waals surface area contributed by atoms with Crippen LogP contribution in [0.2, 0.25) is 0 Å². The summed E-state index contributed by atoms with van der Waals surface area (Å²) < 4.78 is 10.6. The van der Waals surface area contributed by atoms with Gasteiger partial charge in [0, 0.05) is 59.8 Å². The summed E-state index contributed by atoms with van der Waals surface area (Å²) in [6.45, 7) is 7.63. The van der Waals surface area contributed by atoms with E-state index >= 15 is 0 Å². The Kier molecular flexibility index (Phi) is 8.87. The molecule has 0 aromatic heterocycles. The van der Waals surface area contributed by atoms with Gasteiger partial charge in [-0.25, -0.2) is 0 Å². The lowest BCUT2D eigenvalue weighted by Gasteiger charge is -2.34. The van der Waals surface area contributed by atoms with Crippen molar-refractivity contribution in [2.75, 3.05) is 67.1 Å². The van der Waals surface area contributed by atoms with Crippen molar-refractivity contribution in [1.82, 2.24) is 20.4 Å². The van der Waals surface area contributed by atoms with Gasteiger partial charge in [0.05, 0.1) is 14.2 Å². The summed E-state index contributed by atoms with van der Waals surface area (Å²) in [6.07, 6.45) is 0.855. The molecule has 1 saturated heterocycles. The SMILES string of the molecule is CN=C(NCCc1ccc(OC)c(OC)c1)NCCN1CCN(C(C)=O)CC1. The zero-order valence-electron chi connectivity index (χ0n) is 17.5. The first kappa shape index (κ1) is 21.8. The first-order valence-electron chi connectivity index (χ1n) is 9.70. The second-order valence-corrected chi connectivity index (χ2v) is 6.71. The number of hydrogen-bond acceptors (Lipinski definition) is 5. The number of amides is 1. The number of benzene rings is 1. The van der Waals surface area contributed by atoms with Crippen LogP contribution < -0.4 is 20.1 Å². The molecule has 0 unspecified atom stereocenters. The molecule has 0 atom stereocenters. The first-order chi connectivity index (χ1) is 13.6. The molecule has 0 saturated carbocycles. The molecule has 8 nitrogen and oxygen atoms in total. The Bertz CT molecular complexity index is 657. The summed E-state index contributed by atoms with van der Waals surface area (Å²) in [5.74, 6) is 2.44. The Balaban J connectivity index is 1.67. The summed E-state index contributed by atoms with van der Waals surface area (Å²) in [5, 5.41) is 6.69. The van der Waals surface area contributed by atoms with E-state index in [4.69, 9.17) is 9.47 Å². The minimum atomic E-state index is 0.164. The summed E-state index contributed by atoms with van der Waals surface area (Å²) in [6, 6.07) is 5.96. The molecule has 1 amide bonds. The fraction of sp³-hybridized carbons (Fsp3) is 0.600. The van der Waals surface area contributed by atoms with Crippen molar-refractivity contribution in [1.29, 1.82) is 0 Å². The summed E-state index contributed by atoms with van der Waals surface area (Å²) in [5.41, 5.74) is 1.17. The molecule has 28 heavy (non-hydrogen) atoms. The van der Waals surface area contributed by atoms with Crippen LogP contribution in [0, 0.1) is 0 Å². The topological polar surface area (TPSA) is 78.4 Å². The second kappa shape index (κ2) is 11.4. The third-order valence-corrected chi connectivity index (χ3v) is 4.92. The molecule has 0 bridgehead atoms. The molecule has 1 aliphatic rings. The Morgan fingerprint density at radius 1 is 1.07 bits per heavy atom. The maximum atomic E-state index is 11.4. The molecule has 1 aromatic rings. The van der Waals surface area contributed by atoms with Crippen molar-refractivity contribution in [3.63, 3.8) is 0 Å². The number of methoxy groups -OCH3 is 2. The van der Waals surface area contributed by atoms with Gasteiger partial charge in [-0.2, -0.15) is 0 Å². The molecule has 1 aromatic carbocycles. The van der Waals surface area contributed by atoms with Crippen LogP contribution in [-0.4, -0.2) is 88.7 Å². The molecule has 156 valence electrons. The van der Waals surface area contributed by atoms with Crippen LogP contribution in [0.15, 0.2) is 23.2 Å². The van der Waals surface area contributed by atoms with Crippen LogP contribution in [0.5, 0.6) is 11.5 Å². The zero-order valence-corrected chi connectivity index (χ0v) is 17.5. The quantitative estimate of drug-likeness (QED) is 0.499. The van der Waals surface area contributed by atoms with Gasteiger partial charge in [0.2, 0.25) is 5.91 Å². The van der Waals surface area contributed by atoms with Gasteiger partial charge in [-0.1, -0.05) is 6.07 Å². The average Bonchev–Trinajstić information content (AvgIpc) is 2.72. The number of nitrogens with one attached hydrogen (secondary N) is 2. The first-order valence-corrected chi connectivity index (χ1v) is 9.70. The highest BCUT2D eigenvalue weighted by molar-refractivity contribution is 5.79. The normalized spacial score (nSPS) is 15.3. The van der Waals surface area contributed by atoms with Crippen LogP contribution >= 0.6 is 0 Å². The van der Waals surface area contributed by atoms with Crippen molar-refractivity contribution in [3.05, 3.63) is 23.8 Å². The van der Waals surface area contributed by atoms with E-state index in [1.54, 1.807) is 28.2 Å². The van der Waals surface area contributed by atoms with E-state index < -0.39 is 0 Å². The Hall–Kier alpha value is -2.48. The molecule has 0 aliphatic carbocycles. The third-order valence-electron chi connectivity index (χ3n) is 4.92. The molecule has 1 heterocycles. The van der Waals surface area contributed by atoms with Crippen LogP contribution in [0.1, 0.15) is 12.5 Å². The number of guanidine groups is 1. The molecule has 8 heteroatoms. The summed E-state index contributed by atoms with van der Waals surface area (Å²) >= 11 is 0. The molecule has 1 fully saturated rings. The van der Waals surface area contributed by atoms with Gasteiger partial charge in [0.25, 0.3) is 0 Å². The van der Waals surface area contributed by atoms with Crippen LogP contribution in [0.4, 0.5) is 0 Å². The van der Waals surface area contributed by atoms with Gasteiger partial charge in [0.1, 0.15) is 0 Å². The van der Waals surface area contributed by atoms with Crippen LogP contribution in [0.3, 0.4) is 0 Å². The predicted molar refractivity (Wildman–Crippen MR) is 111 cm³/mol. The smallest absolute Gasteiger partial charge is 0.219 e. The van der Waals surface area contributed by atoms with Crippen molar-refractivity contribution in [2.24, 2.45) is 4.99 Å². The average molecular weight is 392 g/mol. The standard InChI is InChI=1S/C20H33N5O3/c1-16(26)25-13-11-24(12-14-25)10-9-23-20(21-2)22-8-7-17-5-6-18(27-3)19(15-17)28-4/h5-6,15H,7-14H2,1-4H3,(H2,21,22,23). The van der Waals surface area contributed by atoms with E-state index in [1.165, 1.54) is 5.56 Å². The molecule has 2 N–H and O–H groups in total. The highest BCUT2D eigenvalue weighted by Crippen LogP contribution is 2.27. The van der Waals surface area contributed by atoms with Crippen molar-refractivity contribution in [2.45, 2.75) is 13.3 Å². The van der Waals surface area contributed by atoms with Gasteiger partial charge < -0.3 is 25.0 Å². The van der Waals surface area contributed by atoms with E-state index in [1.807, 2.05) is 23.1 Å². The highest BCUT2D eigenvalue weighted by atomic mass is 16.5. The number of hydrogen-bond donors (Lipinski definition) is 2. The maximum absolute atomic E-state index is 11.4. The van der Waals surface area contributed by atoms with Gasteiger partial charge in [0.15, 0.2) is 17.5 Å². The fourth-order valence-electron chi connectivity index (χ4n) is 3.20. The van der Waals surface area contributed by atoms with Crippen molar-refractivity contribution >= 4 is 11.9 Å². The van der Waals surface area contributed by atoms with E-state index in [-0.39, 0.29) is 5.91 Å². The fourth-order valence-corrected chi connectivity index (χ4v) is 3.20. The molecule has 0 spiro atoms. The number of carbonyl (C=O) groups is 1. The Labute approximate surface area is 167 Å². The number of aliphatic imine (C=N–C) groups is 1. The molecule has 0 radical (unpaired) electrons. The van der Waals surface area contributed by atoms with Crippen molar-refractivity contribution < 1.29 is 14.3 Å². The van der Waals surface area contributed by atoms with E-state index in [0.29, 0.717) is 0 Å². The minimum Gasteiger partial charge on any atom is -0.493 e. The van der Waals surface area contributed by atoms with Crippen molar-refractivity contribution in [3.8, 4) is 11.5 Å². The van der Waals surface area contributed by atoms with E-state index in [2.05, 4.69) is 20.5 Å². The molecule has 1 aliphatic heterocycles. The minimum absolute atomic E-state index is 0.164. The number of rotatable bonds is 8. The lowest BCUT2D eigenvalue weighted by atomic mass is 10.1. The lowest BCUT2D eigenvalue weighted by Crippen LogP contribution is -2.50. The zero-order chi connectivity index (χ0) is 20.4. The van der Waals surface area contributed by atoms with E-state index in [9.17, 15) is 4.79 Å². The maximum Gasteiger partial charge on any atom is 0.219 e. The lowest BCUT2D eigenvalue weighted by molar-refractivity contribution is -0.130. The molecular weight excluding hydrogens is 358 g/mol. The number of piperazine rings is 1. The summed E-state index contributed by atoms with van der Waals surface area (Å²) in [4.78, 5) is 19.9. The van der Waals surface area contributed by atoms with Gasteiger partial charge >= 0.3 is 0 Å². The summed E-state index contributed by atoms with van der Waals surface area (Å²) in [7, 11) is 5.06. The molecule has 2 rings (SSSR count). The van der Waals surface area contributed by atoms with Crippen LogP contribution in [-0.2, 0) is 11.2 Å². The number of ether oxygens (including phenoxy) is 2. The molecular formula is C20H33N5O3. The van der Waals surface area contributed by atoms with E-state index in [0.717, 1.165) is 69.7 Å². The number of nitrogens with zero attached hydrogens (tertiary/aromatic N) is 3. The van der Waals surface area contributed by atoms with Gasteiger partial charge in [-0.05, 0) is 24.1 Å². The van der Waals surface area contributed by atoms with Gasteiger partial charge in [-0.3, -0.25) is 14.7 Å². The Morgan fingerprint density at radius 3 is 2.36 bits per heavy atom.